The standard InChI is InChI=1S/C15H23BrN2O2/c1-2-3-4-5-8-18(9-10-19)15(20)13-7-6-12(16)11-14(13)17/h6-7,11,19H,2-5,8-10,17H2,1H3. The average Bonchev–Trinajstić information content (AvgIpc) is 2.41. The number of carbonyl (C=O) groups is 1. The van der Waals surface area contributed by atoms with Crippen molar-refractivity contribution in [1.82, 2.24) is 4.90 Å². The van der Waals surface area contributed by atoms with Crippen LogP contribution in [-0.4, -0.2) is 35.6 Å². The van der Waals surface area contributed by atoms with Crippen molar-refractivity contribution in [2.75, 3.05) is 25.4 Å². The van der Waals surface area contributed by atoms with Crippen LogP contribution in [0.5, 0.6) is 0 Å². The van der Waals surface area contributed by atoms with Crippen molar-refractivity contribution < 1.29 is 9.90 Å². The van der Waals surface area contributed by atoms with E-state index in [2.05, 4.69) is 22.9 Å². The van der Waals surface area contributed by atoms with Crippen LogP contribution in [0, 0.1) is 0 Å². The maximum atomic E-state index is 12.5. The van der Waals surface area contributed by atoms with Crippen LogP contribution in [0.2, 0.25) is 0 Å². The minimum absolute atomic E-state index is 0.0318. The number of nitrogen functional groups attached to an aromatic ring is 1. The van der Waals surface area contributed by atoms with Crippen molar-refractivity contribution in [3.8, 4) is 0 Å². The quantitative estimate of drug-likeness (QED) is 0.563. The van der Waals surface area contributed by atoms with E-state index in [1.54, 1.807) is 23.1 Å². The van der Waals surface area contributed by atoms with Crippen molar-refractivity contribution in [1.29, 1.82) is 0 Å². The number of anilines is 1. The summed E-state index contributed by atoms with van der Waals surface area (Å²) < 4.78 is 0.850. The number of aliphatic hydroxyl groups is 1. The topological polar surface area (TPSA) is 66.6 Å². The molecule has 3 N–H and O–H groups in total. The molecule has 0 aliphatic carbocycles. The van der Waals surface area contributed by atoms with Gasteiger partial charge in [-0.05, 0) is 24.6 Å². The van der Waals surface area contributed by atoms with Crippen molar-refractivity contribution in [3.05, 3.63) is 28.2 Å². The van der Waals surface area contributed by atoms with Gasteiger partial charge in [-0.1, -0.05) is 42.1 Å². The largest absolute Gasteiger partial charge is 0.398 e. The molecule has 4 nitrogen and oxygen atoms in total. The minimum Gasteiger partial charge on any atom is -0.398 e. The van der Waals surface area contributed by atoms with Crippen molar-refractivity contribution in [2.24, 2.45) is 0 Å². The molecule has 0 unspecified atom stereocenters. The van der Waals surface area contributed by atoms with Crippen molar-refractivity contribution >= 4 is 27.5 Å². The molecule has 20 heavy (non-hydrogen) atoms. The summed E-state index contributed by atoms with van der Waals surface area (Å²) >= 11 is 3.33. The predicted octanol–water partition coefficient (Wildman–Crippen LogP) is 3.05. The summed E-state index contributed by atoms with van der Waals surface area (Å²) in [6.45, 7) is 3.13. The smallest absolute Gasteiger partial charge is 0.256 e. The molecule has 0 aliphatic rings. The second kappa shape index (κ2) is 8.97. The molecule has 0 radical (unpaired) electrons. The molecule has 0 saturated heterocycles. The number of hydrogen-bond donors (Lipinski definition) is 2. The fraction of sp³-hybridized carbons (Fsp3) is 0.533. The lowest BCUT2D eigenvalue weighted by atomic mass is 10.1. The number of rotatable bonds is 8. The van der Waals surface area contributed by atoms with Gasteiger partial charge in [-0.15, -0.1) is 0 Å². The number of nitrogens with zero attached hydrogens (tertiary/aromatic N) is 1. The number of aliphatic hydroxyl groups excluding tert-OH is 1. The van der Waals surface area contributed by atoms with Gasteiger partial charge in [0.25, 0.3) is 5.91 Å². The molecule has 0 aliphatic heterocycles. The molecule has 0 saturated carbocycles. The summed E-state index contributed by atoms with van der Waals surface area (Å²) in [5.41, 5.74) is 6.85. The van der Waals surface area contributed by atoms with Gasteiger partial charge >= 0.3 is 0 Å². The molecule has 0 spiro atoms. The maximum Gasteiger partial charge on any atom is 0.256 e. The molecular formula is C15H23BrN2O2. The van der Waals surface area contributed by atoms with Gasteiger partial charge in [0.1, 0.15) is 0 Å². The van der Waals surface area contributed by atoms with E-state index in [9.17, 15) is 4.79 Å². The molecular weight excluding hydrogens is 320 g/mol. The van der Waals surface area contributed by atoms with Crippen molar-refractivity contribution in [2.45, 2.75) is 32.6 Å². The van der Waals surface area contributed by atoms with Crippen LogP contribution in [0.4, 0.5) is 5.69 Å². The number of carbonyl (C=O) groups excluding carboxylic acids is 1. The van der Waals surface area contributed by atoms with Gasteiger partial charge < -0.3 is 15.7 Å². The summed E-state index contributed by atoms with van der Waals surface area (Å²) in [6.07, 6.45) is 4.38. The number of halogens is 1. The molecule has 1 aromatic rings. The Morgan fingerprint density at radius 1 is 1.30 bits per heavy atom. The fourth-order valence-corrected chi connectivity index (χ4v) is 2.44. The number of unbranched alkanes of at least 4 members (excludes halogenated alkanes) is 3. The highest BCUT2D eigenvalue weighted by Gasteiger charge is 2.17. The maximum absolute atomic E-state index is 12.5. The average molecular weight is 343 g/mol. The Kier molecular flexibility index (Phi) is 7.62. The van der Waals surface area contributed by atoms with Gasteiger partial charge in [-0.3, -0.25) is 4.79 Å². The molecule has 0 bridgehead atoms. The Morgan fingerprint density at radius 2 is 2.05 bits per heavy atom. The lowest BCUT2D eigenvalue weighted by Crippen LogP contribution is -2.34. The van der Waals surface area contributed by atoms with E-state index in [4.69, 9.17) is 10.8 Å². The molecule has 112 valence electrons. The van der Waals surface area contributed by atoms with Crippen LogP contribution in [0.15, 0.2) is 22.7 Å². The van der Waals surface area contributed by atoms with Crippen LogP contribution in [0.25, 0.3) is 0 Å². The summed E-state index contributed by atoms with van der Waals surface area (Å²) in [5, 5.41) is 9.12. The molecule has 5 heteroatoms. The van der Waals surface area contributed by atoms with E-state index < -0.39 is 0 Å². The predicted molar refractivity (Wildman–Crippen MR) is 85.7 cm³/mol. The first-order chi connectivity index (χ1) is 9.60. The van der Waals surface area contributed by atoms with Gasteiger partial charge in [-0.25, -0.2) is 0 Å². The molecule has 0 fully saturated rings. The number of hydrogen-bond acceptors (Lipinski definition) is 3. The van der Waals surface area contributed by atoms with Crippen LogP contribution in [0.3, 0.4) is 0 Å². The second-order valence-electron chi connectivity index (χ2n) is 4.81. The Balaban J connectivity index is 2.72. The van der Waals surface area contributed by atoms with Crippen LogP contribution < -0.4 is 5.73 Å². The first-order valence-electron chi connectivity index (χ1n) is 7.05. The van der Waals surface area contributed by atoms with E-state index >= 15 is 0 Å². The molecule has 1 amide bonds. The monoisotopic (exact) mass is 342 g/mol. The Labute approximate surface area is 129 Å². The molecule has 0 heterocycles. The van der Waals surface area contributed by atoms with Crippen LogP contribution in [-0.2, 0) is 0 Å². The van der Waals surface area contributed by atoms with Gasteiger partial charge in [0, 0.05) is 23.2 Å². The summed E-state index contributed by atoms with van der Waals surface area (Å²) in [4.78, 5) is 14.1. The van der Waals surface area contributed by atoms with E-state index in [0.717, 1.165) is 23.7 Å². The highest BCUT2D eigenvalue weighted by atomic mass is 79.9. The summed E-state index contributed by atoms with van der Waals surface area (Å²) in [5.74, 6) is -0.111. The third-order valence-corrected chi connectivity index (χ3v) is 3.68. The Bertz CT molecular complexity index is 438. The summed E-state index contributed by atoms with van der Waals surface area (Å²) in [6, 6.07) is 5.25. The summed E-state index contributed by atoms with van der Waals surface area (Å²) in [7, 11) is 0. The SMILES string of the molecule is CCCCCCN(CCO)C(=O)c1ccc(Br)cc1N. The molecule has 0 atom stereocenters. The molecule has 1 aromatic carbocycles. The zero-order chi connectivity index (χ0) is 15.0. The van der Waals surface area contributed by atoms with E-state index in [1.165, 1.54) is 6.42 Å². The third kappa shape index (κ3) is 5.13. The first kappa shape index (κ1) is 17.0. The number of amides is 1. The zero-order valence-electron chi connectivity index (χ0n) is 11.9. The first-order valence-corrected chi connectivity index (χ1v) is 7.84. The third-order valence-electron chi connectivity index (χ3n) is 3.18. The Hall–Kier alpha value is -1.07. The Morgan fingerprint density at radius 3 is 2.65 bits per heavy atom. The van der Waals surface area contributed by atoms with Gasteiger partial charge in [-0.2, -0.15) is 0 Å². The van der Waals surface area contributed by atoms with Crippen molar-refractivity contribution in [3.63, 3.8) is 0 Å². The molecule has 0 aromatic heterocycles. The van der Waals surface area contributed by atoms with E-state index in [0.29, 0.717) is 24.3 Å². The second-order valence-corrected chi connectivity index (χ2v) is 5.72. The highest BCUT2D eigenvalue weighted by molar-refractivity contribution is 9.10. The minimum atomic E-state index is -0.111. The van der Waals surface area contributed by atoms with E-state index in [1.807, 2.05) is 0 Å². The highest BCUT2D eigenvalue weighted by Crippen LogP contribution is 2.20. The van der Waals surface area contributed by atoms with Crippen LogP contribution >= 0.6 is 15.9 Å². The fourth-order valence-electron chi connectivity index (χ4n) is 2.06. The van der Waals surface area contributed by atoms with Gasteiger partial charge in [0.2, 0.25) is 0 Å². The number of nitrogens with two attached hydrogens (primary N) is 1. The van der Waals surface area contributed by atoms with Crippen LogP contribution in [0.1, 0.15) is 43.0 Å². The zero-order valence-corrected chi connectivity index (χ0v) is 13.5. The molecule has 1 rings (SSSR count). The van der Waals surface area contributed by atoms with Gasteiger partial charge in [0.15, 0.2) is 0 Å². The number of benzene rings is 1. The normalized spacial score (nSPS) is 10.6. The van der Waals surface area contributed by atoms with E-state index in [-0.39, 0.29) is 12.5 Å². The lowest BCUT2D eigenvalue weighted by Gasteiger charge is -2.22. The van der Waals surface area contributed by atoms with Gasteiger partial charge in [0.05, 0.1) is 12.2 Å². The lowest BCUT2D eigenvalue weighted by molar-refractivity contribution is 0.0719.